The van der Waals surface area contributed by atoms with Crippen molar-refractivity contribution >= 4 is 28.7 Å². The van der Waals surface area contributed by atoms with Crippen molar-refractivity contribution in [1.29, 1.82) is 5.26 Å². The predicted octanol–water partition coefficient (Wildman–Crippen LogP) is 3.51. The average Bonchev–Trinajstić information content (AvgIpc) is 3.32. The molecule has 2 aromatic carbocycles. The summed E-state index contributed by atoms with van der Waals surface area (Å²) in [6.07, 6.45) is 2.92. The second-order valence-corrected chi connectivity index (χ2v) is 8.43. The summed E-state index contributed by atoms with van der Waals surface area (Å²) in [5.74, 6) is -0.304. The number of nitrogen functional groups attached to an aromatic ring is 1. The van der Waals surface area contributed by atoms with E-state index >= 15 is 0 Å². The number of hydrogen-bond donors (Lipinski definition) is 4. The van der Waals surface area contributed by atoms with E-state index in [0.29, 0.717) is 29.2 Å². The van der Waals surface area contributed by atoms with E-state index in [0.717, 1.165) is 16.7 Å². The molecule has 5 N–H and O–H groups in total. The lowest BCUT2D eigenvalue weighted by atomic mass is 10.1. The summed E-state index contributed by atoms with van der Waals surface area (Å²) in [5, 5.41) is 21.8. The Hall–Kier alpha value is -5.44. The van der Waals surface area contributed by atoms with E-state index in [1.54, 1.807) is 25.3 Å². The van der Waals surface area contributed by atoms with E-state index in [1.807, 2.05) is 30.3 Å². The maximum atomic E-state index is 13.2. The molecule has 3 heterocycles. The molecule has 1 amide bonds. The van der Waals surface area contributed by atoms with Crippen LogP contribution in [0.4, 0.5) is 16.0 Å². The maximum Gasteiger partial charge on any atom is 0.274 e. The first-order valence-corrected chi connectivity index (χ1v) is 11.5. The molecule has 0 spiro atoms. The van der Waals surface area contributed by atoms with Gasteiger partial charge in [-0.1, -0.05) is 36.4 Å². The Bertz CT molecular complexity index is 1660. The van der Waals surface area contributed by atoms with E-state index in [9.17, 15) is 14.4 Å². The van der Waals surface area contributed by atoms with Crippen LogP contribution in [-0.2, 0) is 6.54 Å². The SMILES string of the molecule is C[C@H](NC(=O)c1nc(C#N)cnc1NCc1ccc(-c2cnc3n[nH]c(N)c3n2)cc1)c1ccc(F)cc1. The molecule has 1 atom stereocenters. The number of rotatable bonds is 7. The number of nitrogens with one attached hydrogen (secondary N) is 3. The van der Waals surface area contributed by atoms with Gasteiger partial charge in [-0.3, -0.25) is 9.89 Å². The van der Waals surface area contributed by atoms with Gasteiger partial charge in [0.2, 0.25) is 5.65 Å². The largest absolute Gasteiger partial charge is 0.382 e. The Morgan fingerprint density at radius 1 is 1.11 bits per heavy atom. The van der Waals surface area contributed by atoms with Crippen molar-refractivity contribution in [3.8, 4) is 17.3 Å². The number of amides is 1. The smallest absolute Gasteiger partial charge is 0.274 e. The highest BCUT2D eigenvalue weighted by Crippen LogP contribution is 2.22. The highest BCUT2D eigenvalue weighted by Gasteiger charge is 2.19. The van der Waals surface area contributed by atoms with E-state index < -0.39 is 11.9 Å². The van der Waals surface area contributed by atoms with Crippen LogP contribution in [0, 0.1) is 17.1 Å². The maximum absolute atomic E-state index is 13.2. The molecular formula is C26H21FN10O. The van der Waals surface area contributed by atoms with Gasteiger partial charge in [-0.15, -0.1) is 0 Å². The summed E-state index contributed by atoms with van der Waals surface area (Å²) in [7, 11) is 0. The molecule has 0 bridgehead atoms. The third-order valence-electron chi connectivity index (χ3n) is 5.82. The first-order valence-electron chi connectivity index (χ1n) is 11.5. The number of nitriles is 1. The van der Waals surface area contributed by atoms with Gasteiger partial charge in [-0.2, -0.15) is 10.4 Å². The fraction of sp³-hybridized carbons (Fsp3) is 0.115. The number of aromatic amines is 1. The van der Waals surface area contributed by atoms with Crippen LogP contribution in [0.5, 0.6) is 0 Å². The Balaban J connectivity index is 1.30. The van der Waals surface area contributed by atoms with E-state index in [4.69, 9.17) is 5.73 Å². The zero-order valence-corrected chi connectivity index (χ0v) is 20.1. The molecule has 0 aliphatic heterocycles. The Morgan fingerprint density at radius 2 is 1.87 bits per heavy atom. The minimum Gasteiger partial charge on any atom is -0.382 e. The second-order valence-electron chi connectivity index (χ2n) is 8.43. The van der Waals surface area contributed by atoms with Crippen molar-refractivity contribution < 1.29 is 9.18 Å². The monoisotopic (exact) mass is 508 g/mol. The Labute approximate surface area is 216 Å². The topological polar surface area (TPSA) is 171 Å². The molecule has 11 nitrogen and oxygen atoms in total. The number of anilines is 2. The first kappa shape index (κ1) is 24.3. The quantitative estimate of drug-likeness (QED) is 0.257. The van der Waals surface area contributed by atoms with Gasteiger partial charge in [-0.05, 0) is 30.2 Å². The third kappa shape index (κ3) is 5.07. The summed E-state index contributed by atoms with van der Waals surface area (Å²) < 4.78 is 13.2. The van der Waals surface area contributed by atoms with E-state index in [2.05, 4.69) is 40.8 Å². The molecule has 5 aromatic rings. The molecule has 0 aliphatic carbocycles. The molecule has 0 radical (unpaired) electrons. The van der Waals surface area contributed by atoms with Gasteiger partial charge in [-0.25, -0.2) is 24.3 Å². The zero-order valence-electron chi connectivity index (χ0n) is 20.1. The van der Waals surface area contributed by atoms with Crippen LogP contribution in [-0.4, -0.2) is 36.0 Å². The standard InChI is InChI=1S/C26H21FN10O/c1-14(16-6-8-18(27)9-7-16)33-26(38)22-24(31-12-19(10-28)34-22)30-11-15-2-4-17(5-3-15)20-13-32-25-21(35-20)23(29)36-37-25/h2-9,12-14H,11H2,1H3,(H,30,31)(H,33,38)(H3,29,32,36,37)/t14-/m0/s1. The summed E-state index contributed by atoms with van der Waals surface area (Å²) >= 11 is 0. The predicted molar refractivity (Wildman–Crippen MR) is 138 cm³/mol. The van der Waals surface area contributed by atoms with Crippen LogP contribution in [0.2, 0.25) is 0 Å². The van der Waals surface area contributed by atoms with Crippen LogP contribution in [0.1, 0.15) is 40.3 Å². The number of benzene rings is 2. The van der Waals surface area contributed by atoms with Gasteiger partial charge in [0.25, 0.3) is 5.91 Å². The molecule has 0 saturated heterocycles. The van der Waals surface area contributed by atoms with Gasteiger partial charge in [0.15, 0.2) is 22.7 Å². The highest BCUT2D eigenvalue weighted by atomic mass is 19.1. The second kappa shape index (κ2) is 10.3. The zero-order chi connectivity index (χ0) is 26.6. The van der Waals surface area contributed by atoms with Crippen molar-refractivity contribution in [2.45, 2.75) is 19.5 Å². The summed E-state index contributed by atoms with van der Waals surface area (Å²) in [4.78, 5) is 30.2. The molecule has 0 fully saturated rings. The molecule has 0 unspecified atom stereocenters. The van der Waals surface area contributed by atoms with Gasteiger partial charge < -0.3 is 16.4 Å². The molecule has 12 heteroatoms. The molecular weight excluding hydrogens is 487 g/mol. The van der Waals surface area contributed by atoms with Gasteiger partial charge in [0.05, 0.1) is 24.1 Å². The normalized spacial score (nSPS) is 11.6. The van der Waals surface area contributed by atoms with Crippen molar-refractivity contribution in [3.05, 3.63) is 89.3 Å². The van der Waals surface area contributed by atoms with Gasteiger partial charge in [0, 0.05) is 12.1 Å². The van der Waals surface area contributed by atoms with Crippen LogP contribution >= 0.6 is 0 Å². The van der Waals surface area contributed by atoms with Crippen molar-refractivity contribution in [1.82, 2.24) is 35.5 Å². The molecule has 188 valence electrons. The van der Waals surface area contributed by atoms with Crippen LogP contribution in [0.15, 0.2) is 60.9 Å². The molecule has 3 aromatic heterocycles. The number of nitrogens with two attached hydrogens (primary N) is 1. The van der Waals surface area contributed by atoms with Crippen LogP contribution in [0.25, 0.3) is 22.4 Å². The lowest BCUT2D eigenvalue weighted by Crippen LogP contribution is -2.29. The fourth-order valence-corrected chi connectivity index (χ4v) is 3.76. The van der Waals surface area contributed by atoms with Crippen LogP contribution in [0.3, 0.4) is 0 Å². The average molecular weight is 509 g/mol. The Morgan fingerprint density at radius 3 is 2.61 bits per heavy atom. The fourth-order valence-electron chi connectivity index (χ4n) is 3.76. The number of hydrogen-bond acceptors (Lipinski definition) is 9. The summed E-state index contributed by atoms with van der Waals surface area (Å²) in [5.41, 5.74) is 9.92. The third-order valence-corrected chi connectivity index (χ3v) is 5.82. The van der Waals surface area contributed by atoms with E-state index in [-0.39, 0.29) is 23.0 Å². The van der Waals surface area contributed by atoms with Crippen molar-refractivity contribution in [2.75, 3.05) is 11.1 Å². The van der Waals surface area contributed by atoms with Gasteiger partial charge in [0.1, 0.15) is 17.7 Å². The molecule has 0 aliphatic rings. The molecule has 0 saturated carbocycles. The number of carbonyl (C=O) groups excluding carboxylic acids is 1. The minimum absolute atomic E-state index is 0.0100. The van der Waals surface area contributed by atoms with E-state index in [1.165, 1.54) is 18.3 Å². The van der Waals surface area contributed by atoms with Gasteiger partial charge >= 0.3 is 0 Å². The van der Waals surface area contributed by atoms with Crippen LogP contribution < -0.4 is 16.4 Å². The number of nitrogens with zero attached hydrogens (tertiary/aromatic N) is 6. The minimum atomic E-state index is -0.517. The summed E-state index contributed by atoms with van der Waals surface area (Å²) in [6, 6.07) is 14.9. The van der Waals surface area contributed by atoms with Crippen molar-refractivity contribution in [3.63, 3.8) is 0 Å². The molecule has 5 rings (SSSR count). The number of aromatic nitrogens is 6. The lowest BCUT2D eigenvalue weighted by molar-refractivity contribution is 0.0935. The summed E-state index contributed by atoms with van der Waals surface area (Å²) in [6.45, 7) is 2.11. The first-order chi connectivity index (χ1) is 18.4. The number of halogens is 1. The number of carbonyl (C=O) groups is 1. The highest BCUT2D eigenvalue weighted by molar-refractivity contribution is 5.97. The lowest BCUT2D eigenvalue weighted by Gasteiger charge is -2.16. The van der Waals surface area contributed by atoms with Crippen molar-refractivity contribution in [2.24, 2.45) is 0 Å². The Kier molecular flexibility index (Phi) is 6.56. The number of H-pyrrole nitrogens is 1. The number of fused-ring (bicyclic) bond motifs is 1. The molecule has 38 heavy (non-hydrogen) atoms.